The van der Waals surface area contributed by atoms with Gasteiger partial charge in [-0.05, 0) is 36.6 Å². The van der Waals surface area contributed by atoms with E-state index in [1.807, 2.05) is 6.07 Å². The van der Waals surface area contributed by atoms with E-state index < -0.39 is 6.10 Å². The van der Waals surface area contributed by atoms with E-state index in [1.165, 1.54) is 17.7 Å². The summed E-state index contributed by atoms with van der Waals surface area (Å²) >= 11 is 0. The normalized spacial score (nSPS) is 22.6. The third-order valence-corrected chi connectivity index (χ3v) is 4.79. The summed E-state index contributed by atoms with van der Waals surface area (Å²) in [5, 5.41) is 13.7. The standard InChI is InChI=1S/C20H25FN2O/c1-15-11-19(14-23(15)13-16-5-3-2-4-6-16)22-12-20(24)17-7-9-18(21)10-8-17/h2-10,15,19-20,22,24H,11-14H2,1H3. The van der Waals surface area contributed by atoms with Gasteiger partial charge in [0.15, 0.2) is 0 Å². The van der Waals surface area contributed by atoms with Crippen LogP contribution in [0.3, 0.4) is 0 Å². The highest BCUT2D eigenvalue weighted by Crippen LogP contribution is 2.21. The van der Waals surface area contributed by atoms with Crippen LogP contribution in [-0.2, 0) is 6.54 Å². The molecule has 1 heterocycles. The average Bonchev–Trinajstić information content (AvgIpc) is 2.94. The second-order valence-corrected chi connectivity index (χ2v) is 6.67. The molecule has 2 aromatic carbocycles. The van der Waals surface area contributed by atoms with E-state index in [0.717, 1.165) is 25.1 Å². The van der Waals surface area contributed by atoms with Gasteiger partial charge in [-0.1, -0.05) is 42.5 Å². The summed E-state index contributed by atoms with van der Waals surface area (Å²) in [4.78, 5) is 2.47. The number of halogens is 1. The number of nitrogens with one attached hydrogen (secondary N) is 1. The highest BCUT2D eigenvalue weighted by Gasteiger charge is 2.28. The highest BCUT2D eigenvalue weighted by molar-refractivity contribution is 5.19. The van der Waals surface area contributed by atoms with Crippen molar-refractivity contribution in [3.8, 4) is 0 Å². The minimum absolute atomic E-state index is 0.278. The van der Waals surface area contributed by atoms with Gasteiger partial charge in [-0.3, -0.25) is 4.90 Å². The first-order valence-corrected chi connectivity index (χ1v) is 8.56. The van der Waals surface area contributed by atoms with Gasteiger partial charge in [0.1, 0.15) is 5.82 Å². The average molecular weight is 328 g/mol. The van der Waals surface area contributed by atoms with Crippen molar-refractivity contribution < 1.29 is 9.50 Å². The zero-order chi connectivity index (χ0) is 16.9. The maximum atomic E-state index is 12.9. The Hall–Kier alpha value is -1.75. The van der Waals surface area contributed by atoms with Crippen LogP contribution in [-0.4, -0.2) is 35.2 Å². The molecule has 0 aromatic heterocycles. The zero-order valence-corrected chi connectivity index (χ0v) is 14.0. The van der Waals surface area contributed by atoms with Crippen LogP contribution in [0.15, 0.2) is 54.6 Å². The molecule has 4 heteroatoms. The lowest BCUT2D eigenvalue weighted by atomic mass is 10.1. The molecule has 1 aliphatic rings. The molecule has 0 saturated carbocycles. The highest BCUT2D eigenvalue weighted by atomic mass is 19.1. The van der Waals surface area contributed by atoms with Crippen molar-refractivity contribution in [2.24, 2.45) is 0 Å². The fourth-order valence-corrected chi connectivity index (χ4v) is 3.37. The van der Waals surface area contributed by atoms with Crippen LogP contribution < -0.4 is 5.32 Å². The second-order valence-electron chi connectivity index (χ2n) is 6.67. The van der Waals surface area contributed by atoms with Crippen LogP contribution in [0.1, 0.15) is 30.6 Å². The Labute approximate surface area is 143 Å². The molecular weight excluding hydrogens is 303 g/mol. The Bertz CT molecular complexity index is 632. The lowest BCUT2D eigenvalue weighted by Crippen LogP contribution is -2.35. The van der Waals surface area contributed by atoms with Crippen LogP contribution >= 0.6 is 0 Å². The third-order valence-electron chi connectivity index (χ3n) is 4.79. The predicted octanol–water partition coefficient (Wildman–Crippen LogP) is 3.11. The molecule has 0 spiro atoms. The number of benzene rings is 2. The monoisotopic (exact) mass is 328 g/mol. The summed E-state index contributed by atoms with van der Waals surface area (Å²) in [7, 11) is 0. The van der Waals surface area contributed by atoms with E-state index in [0.29, 0.717) is 18.6 Å². The first-order chi connectivity index (χ1) is 11.6. The topological polar surface area (TPSA) is 35.5 Å². The summed E-state index contributed by atoms with van der Waals surface area (Å²) in [5.74, 6) is -0.278. The summed E-state index contributed by atoms with van der Waals surface area (Å²) in [6.07, 6.45) is 0.465. The Morgan fingerprint density at radius 2 is 1.88 bits per heavy atom. The van der Waals surface area contributed by atoms with Crippen LogP contribution in [0.25, 0.3) is 0 Å². The quantitative estimate of drug-likeness (QED) is 0.855. The lowest BCUT2D eigenvalue weighted by molar-refractivity contribution is 0.169. The summed E-state index contributed by atoms with van der Waals surface area (Å²) < 4.78 is 12.9. The molecule has 3 atom stereocenters. The number of nitrogens with zero attached hydrogens (tertiary/aromatic N) is 1. The molecule has 3 unspecified atom stereocenters. The Kier molecular flexibility index (Phi) is 5.61. The SMILES string of the molecule is CC1CC(NCC(O)c2ccc(F)cc2)CN1Cc1ccccc1. The molecule has 24 heavy (non-hydrogen) atoms. The van der Waals surface area contributed by atoms with Gasteiger partial charge >= 0.3 is 0 Å². The largest absolute Gasteiger partial charge is 0.387 e. The third kappa shape index (κ3) is 4.41. The van der Waals surface area contributed by atoms with Crippen molar-refractivity contribution in [3.63, 3.8) is 0 Å². The van der Waals surface area contributed by atoms with Gasteiger partial charge in [0.05, 0.1) is 6.10 Å². The van der Waals surface area contributed by atoms with Crippen LogP contribution in [0.4, 0.5) is 4.39 Å². The number of rotatable bonds is 6. The Morgan fingerprint density at radius 3 is 2.58 bits per heavy atom. The van der Waals surface area contributed by atoms with Crippen molar-refractivity contribution in [2.75, 3.05) is 13.1 Å². The number of aliphatic hydroxyl groups is 1. The minimum Gasteiger partial charge on any atom is -0.387 e. The molecule has 1 saturated heterocycles. The first-order valence-electron chi connectivity index (χ1n) is 8.56. The molecule has 0 amide bonds. The smallest absolute Gasteiger partial charge is 0.123 e. The van der Waals surface area contributed by atoms with Gasteiger partial charge < -0.3 is 10.4 Å². The van der Waals surface area contributed by atoms with E-state index >= 15 is 0 Å². The molecule has 0 bridgehead atoms. The molecule has 3 rings (SSSR count). The summed E-state index contributed by atoms with van der Waals surface area (Å²) in [6.45, 7) is 4.68. The van der Waals surface area contributed by atoms with Crippen molar-refractivity contribution in [1.82, 2.24) is 10.2 Å². The van der Waals surface area contributed by atoms with Gasteiger partial charge in [0.2, 0.25) is 0 Å². The Balaban J connectivity index is 1.49. The van der Waals surface area contributed by atoms with Crippen molar-refractivity contribution in [3.05, 3.63) is 71.5 Å². The fourth-order valence-electron chi connectivity index (χ4n) is 3.37. The zero-order valence-electron chi connectivity index (χ0n) is 14.0. The molecule has 0 radical (unpaired) electrons. The van der Waals surface area contributed by atoms with Crippen LogP contribution in [0.5, 0.6) is 0 Å². The number of likely N-dealkylation sites (tertiary alicyclic amines) is 1. The van der Waals surface area contributed by atoms with Crippen LogP contribution in [0, 0.1) is 5.82 Å². The molecule has 0 aliphatic carbocycles. The summed E-state index contributed by atoms with van der Waals surface area (Å²) in [5.41, 5.74) is 2.08. The number of aliphatic hydroxyl groups excluding tert-OH is 1. The first kappa shape index (κ1) is 17.1. The van der Waals surface area contributed by atoms with Crippen molar-refractivity contribution in [1.29, 1.82) is 0 Å². The lowest BCUT2D eigenvalue weighted by Gasteiger charge is -2.21. The number of hydrogen-bond acceptors (Lipinski definition) is 3. The van der Waals surface area contributed by atoms with E-state index in [4.69, 9.17) is 0 Å². The maximum Gasteiger partial charge on any atom is 0.123 e. The van der Waals surface area contributed by atoms with E-state index in [1.54, 1.807) is 12.1 Å². The molecule has 128 valence electrons. The van der Waals surface area contributed by atoms with E-state index in [2.05, 4.69) is 41.4 Å². The Morgan fingerprint density at radius 1 is 1.17 bits per heavy atom. The van der Waals surface area contributed by atoms with Gasteiger partial charge in [0.25, 0.3) is 0 Å². The van der Waals surface area contributed by atoms with Gasteiger partial charge in [-0.15, -0.1) is 0 Å². The predicted molar refractivity (Wildman–Crippen MR) is 94.1 cm³/mol. The molecule has 1 fully saturated rings. The second kappa shape index (κ2) is 7.88. The van der Waals surface area contributed by atoms with Gasteiger partial charge in [-0.2, -0.15) is 0 Å². The van der Waals surface area contributed by atoms with Gasteiger partial charge in [0, 0.05) is 31.7 Å². The maximum absolute atomic E-state index is 12.9. The van der Waals surface area contributed by atoms with E-state index in [-0.39, 0.29) is 5.82 Å². The minimum atomic E-state index is -0.607. The molecule has 2 N–H and O–H groups in total. The summed E-state index contributed by atoms with van der Waals surface area (Å²) in [6, 6.07) is 17.5. The van der Waals surface area contributed by atoms with E-state index in [9.17, 15) is 9.50 Å². The van der Waals surface area contributed by atoms with Crippen molar-refractivity contribution in [2.45, 2.75) is 38.1 Å². The molecular formula is C20H25FN2O. The van der Waals surface area contributed by atoms with Crippen molar-refractivity contribution >= 4 is 0 Å². The molecule has 2 aromatic rings. The molecule has 1 aliphatic heterocycles. The van der Waals surface area contributed by atoms with Crippen LogP contribution in [0.2, 0.25) is 0 Å². The molecule has 3 nitrogen and oxygen atoms in total. The fraction of sp³-hybridized carbons (Fsp3) is 0.400. The van der Waals surface area contributed by atoms with Gasteiger partial charge in [-0.25, -0.2) is 4.39 Å². The number of hydrogen-bond donors (Lipinski definition) is 2.